The predicted octanol–water partition coefficient (Wildman–Crippen LogP) is 2.64. The Morgan fingerprint density at radius 2 is 2.00 bits per heavy atom. The van der Waals surface area contributed by atoms with Crippen LogP contribution in [-0.4, -0.2) is 49.0 Å². The first-order valence-corrected chi connectivity index (χ1v) is 8.78. The molecule has 1 aromatic carbocycles. The van der Waals surface area contributed by atoms with Gasteiger partial charge >= 0.3 is 0 Å². The quantitative estimate of drug-likeness (QED) is 0.845. The van der Waals surface area contributed by atoms with Gasteiger partial charge in [0.05, 0.1) is 13.5 Å². The van der Waals surface area contributed by atoms with Crippen molar-refractivity contribution in [3.8, 4) is 5.75 Å². The van der Waals surface area contributed by atoms with Crippen LogP contribution in [0.3, 0.4) is 0 Å². The molecule has 0 spiro atoms. The molecule has 0 aliphatic carbocycles. The van der Waals surface area contributed by atoms with Crippen LogP contribution in [0.15, 0.2) is 41.8 Å². The van der Waals surface area contributed by atoms with Gasteiger partial charge in [-0.15, -0.1) is 11.3 Å². The molecule has 4 nitrogen and oxygen atoms in total. The first kappa shape index (κ1) is 16.0. The fraction of sp³-hybridized carbons (Fsp3) is 0.389. The molecule has 0 atom stereocenters. The van der Waals surface area contributed by atoms with Gasteiger partial charge in [-0.25, -0.2) is 0 Å². The van der Waals surface area contributed by atoms with Gasteiger partial charge in [0.2, 0.25) is 5.91 Å². The van der Waals surface area contributed by atoms with Crippen LogP contribution in [0.25, 0.3) is 0 Å². The molecule has 0 bridgehead atoms. The molecule has 2 aromatic rings. The second kappa shape index (κ2) is 7.62. The Labute approximate surface area is 141 Å². The summed E-state index contributed by atoms with van der Waals surface area (Å²) in [6.07, 6.45) is 0.447. The summed E-state index contributed by atoms with van der Waals surface area (Å²) < 4.78 is 5.22. The maximum Gasteiger partial charge on any atom is 0.227 e. The van der Waals surface area contributed by atoms with Crippen molar-refractivity contribution < 1.29 is 9.53 Å². The summed E-state index contributed by atoms with van der Waals surface area (Å²) in [5.74, 6) is 1.00. The van der Waals surface area contributed by atoms with Crippen LogP contribution in [0, 0.1) is 0 Å². The van der Waals surface area contributed by atoms with E-state index in [9.17, 15) is 4.79 Å². The van der Waals surface area contributed by atoms with Gasteiger partial charge in [0.25, 0.3) is 0 Å². The van der Waals surface area contributed by atoms with E-state index in [1.165, 1.54) is 4.88 Å². The fourth-order valence-electron chi connectivity index (χ4n) is 2.85. The maximum absolute atomic E-state index is 12.5. The fourth-order valence-corrected chi connectivity index (χ4v) is 3.59. The van der Waals surface area contributed by atoms with Crippen LogP contribution in [0.2, 0.25) is 0 Å². The molecule has 0 N–H and O–H groups in total. The minimum Gasteiger partial charge on any atom is -0.497 e. The molecule has 122 valence electrons. The minimum absolute atomic E-state index is 0.203. The number of ether oxygens (including phenoxy) is 1. The Kier molecular flexibility index (Phi) is 5.31. The number of piperazine rings is 1. The number of hydrogen-bond acceptors (Lipinski definition) is 4. The summed E-state index contributed by atoms with van der Waals surface area (Å²) in [5.41, 5.74) is 1.01. The number of methoxy groups -OCH3 is 1. The van der Waals surface area contributed by atoms with Crippen molar-refractivity contribution in [2.24, 2.45) is 0 Å². The highest BCUT2D eigenvalue weighted by molar-refractivity contribution is 7.09. The first-order chi connectivity index (χ1) is 11.2. The van der Waals surface area contributed by atoms with E-state index in [-0.39, 0.29) is 5.91 Å². The lowest BCUT2D eigenvalue weighted by Crippen LogP contribution is -2.48. The maximum atomic E-state index is 12.5. The molecule has 0 unspecified atom stereocenters. The number of amides is 1. The molecule has 1 amide bonds. The van der Waals surface area contributed by atoms with Gasteiger partial charge in [0.15, 0.2) is 0 Å². The molecular weight excluding hydrogens is 308 g/mol. The van der Waals surface area contributed by atoms with Crippen molar-refractivity contribution in [2.45, 2.75) is 13.0 Å². The van der Waals surface area contributed by atoms with E-state index in [1.54, 1.807) is 18.4 Å². The minimum atomic E-state index is 0.203. The highest BCUT2D eigenvalue weighted by Crippen LogP contribution is 2.16. The van der Waals surface area contributed by atoms with Gasteiger partial charge in [-0.2, -0.15) is 0 Å². The number of benzene rings is 1. The summed E-state index contributed by atoms with van der Waals surface area (Å²) in [6, 6.07) is 12.0. The molecule has 23 heavy (non-hydrogen) atoms. The number of rotatable bonds is 5. The average molecular weight is 330 g/mol. The molecule has 1 saturated heterocycles. The van der Waals surface area contributed by atoms with E-state index < -0.39 is 0 Å². The monoisotopic (exact) mass is 330 g/mol. The normalized spacial score (nSPS) is 15.6. The van der Waals surface area contributed by atoms with E-state index >= 15 is 0 Å². The number of carbonyl (C=O) groups is 1. The lowest BCUT2D eigenvalue weighted by Gasteiger charge is -2.34. The van der Waals surface area contributed by atoms with Crippen molar-refractivity contribution in [1.29, 1.82) is 0 Å². The Morgan fingerprint density at radius 3 is 2.70 bits per heavy atom. The summed E-state index contributed by atoms with van der Waals surface area (Å²) in [4.78, 5) is 18.2. The molecule has 3 rings (SSSR count). The van der Waals surface area contributed by atoms with Crippen LogP contribution < -0.4 is 4.74 Å². The first-order valence-electron chi connectivity index (χ1n) is 7.90. The molecule has 2 heterocycles. The van der Waals surface area contributed by atoms with Gasteiger partial charge in [-0.1, -0.05) is 18.2 Å². The summed E-state index contributed by atoms with van der Waals surface area (Å²) in [6.45, 7) is 4.52. The molecule has 1 aliphatic rings. The number of hydrogen-bond donors (Lipinski definition) is 0. The van der Waals surface area contributed by atoms with E-state index in [1.807, 2.05) is 29.2 Å². The Morgan fingerprint density at radius 1 is 1.17 bits per heavy atom. The third-order valence-electron chi connectivity index (χ3n) is 4.17. The molecular formula is C18H22N2O2S. The standard InChI is InChI=1S/C18H22N2O2S/c1-22-16-5-2-4-15(12-16)13-18(21)20-9-7-19(8-10-20)14-17-6-3-11-23-17/h2-6,11-12H,7-10,13-14H2,1H3. The van der Waals surface area contributed by atoms with Gasteiger partial charge in [-0.3, -0.25) is 9.69 Å². The van der Waals surface area contributed by atoms with E-state index in [0.29, 0.717) is 6.42 Å². The van der Waals surface area contributed by atoms with E-state index in [0.717, 1.165) is 44.0 Å². The second-order valence-electron chi connectivity index (χ2n) is 5.76. The third-order valence-corrected chi connectivity index (χ3v) is 5.04. The lowest BCUT2D eigenvalue weighted by atomic mass is 10.1. The highest BCUT2D eigenvalue weighted by atomic mass is 32.1. The highest BCUT2D eigenvalue weighted by Gasteiger charge is 2.21. The van der Waals surface area contributed by atoms with Gasteiger partial charge in [0, 0.05) is 37.6 Å². The molecule has 5 heteroatoms. The summed E-state index contributed by atoms with van der Waals surface area (Å²) >= 11 is 1.79. The van der Waals surface area contributed by atoms with Crippen molar-refractivity contribution in [2.75, 3.05) is 33.3 Å². The van der Waals surface area contributed by atoms with Gasteiger partial charge < -0.3 is 9.64 Å². The van der Waals surface area contributed by atoms with Gasteiger partial charge in [0.1, 0.15) is 5.75 Å². The van der Waals surface area contributed by atoms with Gasteiger partial charge in [-0.05, 0) is 29.1 Å². The molecule has 1 fully saturated rings. The zero-order valence-corrected chi connectivity index (χ0v) is 14.2. The lowest BCUT2D eigenvalue weighted by molar-refractivity contribution is -0.132. The van der Waals surface area contributed by atoms with Crippen LogP contribution in [0.4, 0.5) is 0 Å². The van der Waals surface area contributed by atoms with Crippen LogP contribution in [0.1, 0.15) is 10.4 Å². The zero-order chi connectivity index (χ0) is 16.1. The molecule has 0 saturated carbocycles. The van der Waals surface area contributed by atoms with Crippen molar-refractivity contribution >= 4 is 17.2 Å². The van der Waals surface area contributed by atoms with Crippen LogP contribution in [-0.2, 0) is 17.8 Å². The van der Waals surface area contributed by atoms with Crippen LogP contribution in [0.5, 0.6) is 5.75 Å². The smallest absolute Gasteiger partial charge is 0.227 e. The summed E-state index contributed by atoms with van der Waals surface area (Å²) in [5, 5.41) is 2.11. The topological polar surface area (TPSA) is 32.8 Å². The van der Waals surface area contributed by atoms with E-state index in [4.69, 9.17) is 4.74 Å². The van der Waals surface area contributed by atoms with Crippen molar-refractivity contribution in [1.82, 2.24) is 9.80 Å². The Bertz CT molecular complexity index is 634. The van der Waals surface area contributed by atoms with E-state index in [2.05, 4.69) is 22.4 Å². The Hall–Kier alpha value is -1.85. The number of nitrogens with zero attached hydrogens (tertiary/aromatic N) is 2. The third kappa shape index (κ3) is 4.33. The number of thiophene rings is 1. The Balaban J connectivity index is 1.49. The second-order valence-corrected chi connectivity index (χ2v) is 6.80. The van der Waals surface area contributed by atoms with Crippen molar-refractivity contribution in [3.05, 3.63) is 52.2 Å². The molecule has 1 aliphatic heterocycles. The number of carbonyl (C=O) groups excluding carboxylic acids is 1. The molecule has 0 radical (unpaired) electrons. The van der Waals surface area contributed by atoms with Crippen molar-refractivity contribution in [3.63, 3.8) is 0 Å². The predicted molar refractivity (Wildman–Crippen MR) is 92.9 cm³/mol. The largest absolute Gasteiger partial charge is 0.497 e. The summed E-state index contributed by atoms with van der Waals surface area (Å²) in [7, 11) is 1.65. The SMILES string of the molecule is COc1cccc(CC(=O)N2CCN(Cc3cccs3)CC2)c1. The molecule has 1 aromatic heterocycles. The average Bonchev–Trinajstić information content (AvgIpc) is 3.08. The van der Waals surface area contributed by atoms with Crippen LogP contribution >= 0.6 is 11.3 Å². The zero-order valence-electron chi connectivity index (χ0n) is 13.4.